The van der Waals surface area contributed by atoms with Crippen LogP contribution in [0.3, 0.4) is 0 Å². The molecule has 188 valence electrons. The number of likely N-dealkylation sites (N-methyl/N-ethyl adjacent to an activating group) is 1. The molecule has 3 rings (SSSR count). The lowest BCUT2D eigenvalue weighted by Gasteiger charge is -2.15. The van der Waals surface area contributed by atoms with E-state index in [0.717, 1.165) is 33.4 Å². The standard InChI is InChI=1S/C32H33N3O2/c1-7-28(36)21-35(5)20-24-13-11-14-26(18-24)32(33-4)34-31(8-2)25-16-17-30(27(19-25)22-37-6)29-15-10-9-12-23(29)3/h2,7,9-19H,1,20-22H2,3-6H3. The van der Waals surface area contributed by atoms with E-state index in [0.29, 0.717) is 31.2 Å². The van der Waals surface area contributed by atoms with Crippen molar-refractivity contribution in [2.45, 2.75) is 20.1 Å². The number of amidine groups is 1. The summed E-state index contributed by atoms with van der Waals surface area (Å²) in [5.41, 5.74) is 7.71. The highest BCUT2D eigenvalue weighted by Crippen LogP contribution is 2.28. The Labute approximate surface area is 220 Å². The molecule has 5 heteroatoms. The van der Waals surface area contributed by atoms with Gasteiger partial charge in [0.1, 0.15) is 5.71 Å². The van der Waals surface area contributed by atoms with Crippen LogP contribution in [0.5, 0.6) is 0 Å². The third kappa shape index (κ3) is 7.20. The minimum atomic E-state index is -0.0148. The summed E-state index contributed by atoms with van der Waals surface area (Å²) < 4.78 is 5.50. The van der Waals surface area contributed by atoms with E-state index >= 15 is 0 Å². The van der Waals surface area contributed by atoms with Gasteiger partial charge in [-0.25, -0.2) is 4.99 Å². The van der Waals surface area contributed by atoms with Crippen molar-refractivity contribution in [2.24, 2.45) is 9.98 Å². The van der Waals surface area contributed by atoms with Gasteiger partial charge in [-0.15, -0.1) is 6.42 Å². The Kier molecular flexibility index (Phi) is 9.85. The van der Waals surface area contributed by atoms with Gasteiger partial charge in [-0.3, -0.25) is 14.7 Å². The van der Waals surface area contributed by atoms with E-state index < -0.39 is 0 Å². The first-order valence-corrected chi connectivity index (χ1v) is 12.0. The first kappa shape index (κ1) is 27.5. The Bertz CT molecular complexity index is 1380. The van der Waals surface area contributed by atoms with Gasteiger partial charge in [0.25, 0.3) is 0 Å². The van der Waals surface area contributed by atoms with Gasteiger partial charge in [0, 0.05) is 31.8 Å². The normalized spacial score (nSPS) is 11.9. The van der Waals surface area contributed by atoms with Crippen LogP contribution in [0.25, 0.3) is 11.1 Å². The molecular weight excluding hydrogens is 458 g/mol. The topological polar surface area (TPSA) is 54.3 Å². The number of rotatable bonds is 10. The molecule has 0 radical (unpaired) electrons. The highest BCUT2D eigenvalue weighted by atomic mass is 16.5. The van der Waals surface area contributed by atoms with Crippen LogP contribution in [0.4, 0.5) is 0 Å². The zero-order chi connectivity index (χ0) is 26.8. The number of benzene rings is 3. The zero-order valence-corrected chi connectivity index (χ0v) is 22.0. The summed E-state index contributed by atoms with van der Waals surface area (Å²) in [5, 5.41) is 0. The van der Waals surface area contributed by atoms with Gasteiger partial charge < -0.3 is 4.74 Å². The molecule has 0 aliphatic heterocycles. The maximum absolute atomic E-state index is 11.7. The summed E-state index contributed by atoms with van der Waals surface area (Å²) in [5.74, 6) is 3.26. The average molecular weight is 492 g/mol. The molecule has 3 aromatic rings. The summed E-state index contributed by atoms with van der Waals surface area (Å²) in [7, 11) is 5.28. The quantitative estimate of drug-likeness (QED) is 0.163. The average Bonchev–Trinajstić information content (AvgIpc) is 2.90. The molecule has 5 nitrogen and oxygen atoms in total. The Morgan fingerprint density at radius 2 is 1.86 bits per heavy atom. The SMILES string of the molecule is C#CC(=NC(=NC)c1cccc(CN(C)CC(=O)C=C)c1)c1ccc(-c2ccccc2C)c(COC)c1. The van der Waals surface area contributed by atoms with Gasteiger partial charge in [0.05, 0.1) is 13.2 Å². The lowest BCUT2D eigenvalue weighted by atomic mass is 9.94. The highest BCUT2D eigenvalue weighted by molar-refractivity contribution is 6.19. The molecule has 0 saturated carbocycles. The van der Waals surface area contributed by atoms with Crippen molar-refractivity contribution in [3.63, 3.8) is 0 Å². The van der Waals surface area contributed by atoms with E-state index in [1.807, 2.05) is 60.5 Å². The zero-order valence-electron chi connectivity index (χ0n) is 22.0. The first-order chi connectivity index (χ1) is 17.9. The molecule has 0 spiro atoms. The van der Waals surface area contributed by atoms with E-state index in [2.05, 4.69) is 42.6 Å². The van der Waals surface area contributed by atoms with E-state index in [1.165, 1.54) is 11.6 Å². The maximum Gasteiger partial charge on any atom is 0.169 e. The van der Waals surface area contributed by atoms with Crippen LogP contribution in [-0.4, -0.2) is 50.0 Å². The molecule has 0 N–H and O–H groups in total. The minimum Gasteiger partial charge on any atom is -0.380 e. The number of aliphatic imine (C=N–C) groups is 2. The Hall–Kier alpha value is -4.11. The number of hydrogen-bond acceptors (Lipinski definition) is 4. The number of aryl methyl sites for hydroxylation is 1. The highest BCUT2D eigenvalue weighted by Gasteiger charge is 2.13. The summed E-state index contributed by atoms with van der Waals surface area (Å²) in [6.07, 6.45) is 7.27. The maximum atomic E-state index is 11.7. The molecule has 0 unspecified atom stereocenters. The Morgan fingerprint density at radius 1 is 1.08 bits per heavy atom. The third-order valence-electron chi connectivity index (χ3n) is 5.97. The van der Waals surface area contributed by atoms with E-state index in [-0.39, 0.29) is 5.78 Å². The van der Waals surface area contributed by atoms with Crippen LogP contribution in [0.15, 0.2) is 89.4 Å². The third-order valence-corrected chi connectivity index (χ3v) is 5.97. The van der Waals surface area contributed by atoms with Crippen LogP contribution < -0.4 is 0 Å². The van der Waals surface area contributed by atoms with Crippen molar-refractivity contribution in [3.05, 3.63) is 107 Å². The fourth-order valence-corrected chi connectivity index (χ4v) is 4.19. The van der Waals surface area contributed by atoms with Gasteiger partial charge in [0.2, 0.25) is 0 Å². The van der Waals surface area contributed by atoms with Gasteiger partial charge in [-0.1, -0.05) is 61.2 Å². The predicted octanol–water partition coefficient (Wildman–Crippen LogP) is 5.49. The molecule has 0 aliphatic carbocycles. The molecule has 0 heterocycles. The molecular formula is C32H33N3O2. The predicted molar refractivity (Wildman–Crippen MR) is 153 cm³/mol. The molecule has 0 fully saturated rings. The molecule has 0 bridgehead atoms. The van der Waals surface area contributed by atoms with E-state index in [4.69, 9.17) is 16.2 Å². The van der Waals surface area contributed by atoms with Crippen molar-refractivity contribution in [2.75, 3.05) is 27.7 Å². The Morgan fingerprint density at radius 3 is 2.54 bits per heavy atom. The van der Waals surface area contributed by atoms with E-state index in [1.54, 1.807) is 14.2 Å². The van der Waals surface area contributed by atoms with Crippen molar-refractivity contribution < 1.29 is 9.53 Å². The van der Waals surface area contributed by atoms with Crippen LogP contribution in [-0.2, 0) is 22.7 Å². The number of terminal acetylenes is 1. The second-order valence-electron chi connectivity index (χ2n) is 8.81. The van der Waals surface area contributed by atoms with Crippen molar-refractivity contribution >= 4 is 17.3 Å². The summed E-state index contributed by atoms with van der Waals surface area (Å²) in [6, 6.07) is 22.3. The summed E-state index contributed by atoms with van der Waals surface area (Å²) >= 11 is 0. The molecule has 0 aliphatic rings. The van der Waals surface area contributed by atoms with Crippen LogP contribution in [0.1, 0.15) is 27.8 Å². The van der Waals surface area contributed by atoms with E-state index in [9.17, 15) is 4.79 Å². The molecule has 0 atom stereocenters. The van der Waals surface area contributed by atoms with Gasteiger partial charge in [-0.2, -0.15) is 0 Å². The monoisotopic (exact) mass is 491 g/mol. The fourth-order valence-electron chi connectivity index (χ4n) is 4.19. The number of carbonyl (C=O) groups is 1. The van der Waals surface area contributed by atoms with Gasteiger partial charge >= 0.3 is 0 Å². The number of nitrogens with zero attached hydrogens (tertiary/aromatic N) is 3. The second-order valence-corrected chi connectivity index (χ2v) is 8.81. The van der Waals surface area contributed by atoms with Crippen LogP contribution in [0.2, 0.25) is 0 Å². The first-order valence-electron chi connectivity index (χ1n) is 12.0. The summed E-state index contributed by atoms with van der Waals surface area (Å²) in [4.78, 5) is 22.8. The van der Waals surface area contributed by atoms with Crippen molar-refractivity contribution in [1.29, 1.82) is 0 Å². The smallest absolute Gasteiger partial charge is 0.169 e. The molecule has 3 aromatic carbocycles. The lowest BCUT2D eigenvalue weighted by molar-refractivity contribution is -0.115. The van der Waals surface area contributed by atoms with Crippen molar-refractivity contribution in [3.8, 4) is 23.5 Å². The van der Waals surface area contributed by atoms with Gasteiger partial charge in [0.15, 0.2) is 11.6 Å². The van der Waals surface area contributed by atoms with Crippen LogP contribution >= 0.6 is 0 Å². The number of carbonyl (C=O) groups excluding carboxylic acids is 1. The molecule has 0 saturated heterocycles. The number of hydrogen-bond donors (Lipinski definition) is 0. The molecule has 37 heavy (non-hydrogen) atoms. The summed E-state index contributed by atoms with van der Waals surface area (Å²) in [6.45, 7) is 7.01. The lowest BCUT2D eigenvalue weighted by Crippen LogP contribution is -2.24. The Balaban J connectivity index is 1.94. The van der Waals surface area contributed by atoms with Gasteiger partial charge in [-0.05, 0) is 65.9 Å². The second kappa shape index (κ2) is 13.3. The minimum absolute atomic E-state index is 0.0148. The molecule has 0 amide bonds. The number of methoxy groups -OCH3 is 1. The molecule has 0 aromatic heterocycles. The largest absolute Gasteiger partial charge is 0.380 e. The fraction of sp³-hybridized carbons (Fsp3) is 0.219. The number of ether oxygens (including phenoxy) is 1. The van der Waals surface area contributed by atoms with Crippen LogP contribution in [0, 0.1) is 19.3 Å². The number of ketones is 1. The van der Waals surface area contributed by atoms with Crippen molar-refractivity contribution in [1.82, 2.24) is 4.90 Å².